The smallest absolute Gasteiger partial charge is 0.228 e. The molecule has 0 radical (unpaired) electrons. The molecule has 1 amide bonds. The Bertz CT molecular complexity index is 533. The highest BCUT2D eigenvalue weighted by atomic mass is 16.1. The largest absolute Gasteiger partial charge is 0.327 e. The van der Waals surface area contributed by atoms with Gasteiger partial charge >= 0.3 is 0 Å². The molecule has 0 saturated heterocycles. The number of nitrogens with zero attached hydrogens (tertiary/aromatic N) is 3. The summed E-state index contributed by atoms with van der Waals surface area (Å²) in [7, 11) is 0. The molecule has 0 fully saturated rings. The molecule has 0 aliphatic carbocycles. The first kappa shape index (κ1) is 13.2. The van der Waals surface area contributed by atoms with E-state index in [1.165, 1.54) is 0 Å². The fourth-order valence-corrected chi connectivity index (χ4v) is 1.49. The second-order valence-corrected chi connectivity index (χ2v) is 4.49. The summed E-state index contributed by atoms with van der Waals surface area (Å²) in [6.07, 6.45) is 5.09. The zero-order valence-electron chi connectivity index (χ0n) is 10.9. The van der Waals surface area contributed by atoms with E-state index in [1.807, 2.05) is 13.0 Å². The normalized spacial score (nSPS) is 13.8. The van der Waals surface area contributed by atoms with Crippen LogP contribution in [0.15, 0.2) is 36.8 Å². The van der Waals surface area contributed by atoms with E-state index in [-0.39, 0.29) is 17.9 Å². The number of aromatic nitrogens is 3. The van der Waals surface area contributed by atoms with Gasteiger partial charge in [-0.3, -0.25) is 4.79 Å². The Hall–Kier alpha value is -2.21. The first-order valence-corrected chi connectivity index (χ1v) is 6.10. The van der Waals surface area contributed by atoms with Gasteiger partial charge in [0.15, 0.2) is 5.82 Å². The van der Waals surface area contributed by atoms with Gasteiger partial charge < -0.3 is 11.1 Å². The number of pyridine rings is 1. The molecule has 2 aromatic heterocycles. The van der Waals surface area contributed by atoms with Gasteiger partial charge in [0.1, 0.15) is 0 Å². The van der Waals surface area contributed by atoms with E-state index in [2.05, 4.69) is 15.4 Å². The fourth-order valence-electron chi connectivity index (χ4n) is 1.49. The lowest BCUT2D eigenvalue weighted by Gasteiger charge is -2.15. The number of rotatable bonds is 4. The van der Waals surface area contributed by atoms with Crippen LogP contribution >= 0.6 is 0 Å². The minimum absolute atomic E-state index is 0.108. The molecule has 3 N–H and O–H groups in total. The second-order valence-electron chi connectivity index (χ2n) is 4.49. The van der Waals surface area contributed by atoms with Crippen molar-refractivity contribution in [2.75, 3.05) is 5.32 Å². The van der Waals surface area contributed by atoms with E-state index in [0.717, 1.165) is 0 Å². The monoisotopic (exact) mass is 259 g/mol. The van der Waals surface area contributed by atoms with Gasteiger partial charge in [-0.05, 0) is 25.1 Å². The average Bonchev–Trinajstić information content (AvgIpc) is 2.92. The van der Waals surface area contributed by atoms with Crippen LogP contribution < -0.4 is 11.1 Å². The van der Waals surface area contributed by atoms with Gasteiger partial charge in [-0.1, -0.05) is 6.92 Å². The van der Waals surface area contributed by atoms with Crippen molar-refractivity contribution in [3.8, 4) is 5.82 Å². The third kappa shape index (κ3) is 3.17. The minimum Gasteiger partial charge on any atom is -0.327 e. The van der Waals surface area contributed by atoms with E-state index in [0.29, 0.717) is 11.5 Å². The Morgan fingerprint density at radius 3 is 2.74 bits per heavy atom. The summed E-state index contributed by atoms with van der Waals surface area (Å²) in [4.78, 5) is 16.1. The number of anilines is 1. The van der Waals surface area contributed by atoms with Gasteiger partial charge in [0.05, 0.1) is 17.8 Å². The molecule has 0 spiro atoms. The van der Waals surface area contributed by atoms with Crippen molar-refractivity contribution in [2.45, 2.75) is 19.9 Å². The molecule has 2 heterocycles. The molecule has 0 bridgehead atoms. The van der Waals surface area contributed by atoms with Crippen LogP contribution in [0.3, 0.4) is 0 Å². The number of amides is 1. The summed E-state index contributed by atoms with van der Waals surface area (Å²) in [5.74, 6) is 0.345. The molecule has 19 heavy (non-hydrogen) atoms. The van der Waals surface area contributed by atoms with Gasteiger partial charge in [0, 0.05) is 18.4 Å². The number of nitrogens with two attached hydrogens (primary N) is 1. The average molecular weight is 259 g/mol. The number of carbonyl (C=O) groups is 1. The Kier molecular flexibility index (Phi) is 3.91. The summed E-state index contributed by atoms with van der Waals surface area (Å²) in [6.45, 7) is 3.61. The lowest BCUT2D eigenvalue weighted by Crippen LogP contribution is -2.34. The standard InChI is InChI=1S/C13H17N5O/c1-9(10(2)14)13(19)17-11-4-5-12(15-8-11)18-7-3-6-16-18/h3-10H,14H2,1-2H3,(H,17,19). The highest BCUT2D eigenvalue weighted by Crippen LogP contribution is 2.11. The van der Waals surface area contributed by atoms with Crippen molar-refractivity contribution >= 4 is 11.6 Å². The van der Waals surface area contributed by atoms with E-state index >= 15 is 0 Å². The van der Waals surface area contributed by atoms with Crippen LogP contribution in [-0.4, -0.2) is 26.7 Å². The molecule has 0 saturated carbocycles. The predicted molar refractivity (Wildman–Crippen MR) is 72.8 cm³/mol. The Balaban J connectivity index is 2.05. The number of carbonyl (C=O) groups excluding carboxylic acids is 1. The van der Waals surface area contributed by atoms with Crippen LogP contribution in [0.2, 0.25) is 0 Å². The van der Waals surface area contributed by atoms with Gasteiger partial charge in [-0.2, -0.15) is 5.10 Å². The summed E-state index contributed by atoms with van der Waals surface area (Å²) in [5, 5.41) is 6.86. The first-order chi connectivity index (χ1) is 9.08. The summed E-state index contributed by atoms with van der Waals surface area (Å²) in [6, 6.07) is 5.22. The number of hydrogen-bond acceptors (Lipinski definition) is 4. The zero-order valence-corrected chi connectivity index (χ0v) is 10.9. The second kappa shape index (κ2) is 5.62. The van der Waals surface area contributed by atoms with Crippen molar-refractivity contribution in [1.82, 2.24) is 14.8 Å². The van der Waals surface area contributed by atoms with Crippen LogP contribution in [0.25, 0.3) is 5.82 Å². The topological polar surface area (TPSA) is 85.8 Å². The third-order valence-corrected chi connectivity index (χ3v) is 2.96. The first-order valence-electron chi connectivity index (χ1n) is 6.10. The maximum atomic E-state index is 11.8. The summed E-state index contributed by atoms with van der Waals surface area (Å²) in [5.41, 5.74) is 6.34. The van der Waals surface area contributed by atoms with Crippen molar-refractivity contribution < 1.29 is 4.79 Å². The quantitative estimate of drug-likeness (QED) is 0.863. The fraction of sp³-hybridized carbons (Fsp3) is 0.308. The van der Waals surface area contributed by atoms with E-state index in [4.69, 9.17) is 5.73 Å². The van der Waals surface area contributed by atoms with Gasteiger partial charge in [0.25, 0.3) is 0 Å². The number of nitrogens with one attached hydrogen (secondary N) is 1. The van der Waals surface area contributed by atoms with E-state index < -0.39 is 0 Å². The van der Waals surface area contributed by atoms with Gasteiger partial charge in [-0.25, -0.2) is 9.67 Å². The van der Waals surface area contributed by atoms with E-state index in [9.17, 15) is 4.79 Å². The Labute approximate surface area is 111 Å². The molecule has 0 aliphatic heterocycles. The highest BCUT2D eigenvalue weighted by molar-refractivity contribution is 5.92. The molecule has 0 aliphatic rings. The molecule has 2 rings (SSSR count). The summed E-state index contributed by atoms with van der Waals surface area (Å²) >= 11 is 0. The highest BCUT2D eigenvalue weighted by Gasteiger charge is 2.17. The Morgan fingerprint density at radius 1 is 1.42 bits per heavy atom. The molecular weight excluding hydrogens is 242 g/mol. The molecule has 0 aromatic carbocycles. The van der Waals surface area contributed by atoms with Crippen LogP contribution in [0.1, 0.15) is 13.8 Å². The van der Waals surface area contributed by atoms with Crippen LogP contribution in [0.4, 0.5) is 5.69 Å². The predicted octanol–water partition coefficient (Wildman–Crippen LogP) is 1.19. The van der Waals surface area contributed by atoms with Crippen LogP contribution in [-0.2, 0) is 4.79 Å². The molecule has 2 unspecified atom stereocenters. The molecular formula is C13H17N5O. The molecule has 100 valence electrons. The maximum Gasteiger partial charge on any atom is 0.228 e. The molecule has 2 atom stereocenters. The molecule has 6 heteroatoms. The summed E-state index contributed by atoms with van der Waals surface area (Å²) < 4.78 is 1.65. The van der Waals surface area contributed by atoms with Crippen LogP contribution in [0.5, 0.6) is 0 Å². The van der Waals surface area contributed by atoms with Crippen molar-refractivity contribution in [1.29, 1.82) is 0 Å². The molecule has 6 nitrogen and oxygen atoms in total. The van der Waals surface area contributed by atoms with Crippen molar-refractivity contribution in [2.24, 2.45) is 11.7 Å². The zero-order chi connectivity index (χ0) is 13.8. The third-order valence-electron chi connectivity index (χ3n) is 2.96. The van der Waals surface area contributed by atoms with Crippen molar-refractivity contribution in [3.63, 3.8) is 0 Å². The van der Waals surface area contributed by atoms with Crippen molar-refractivity contribution in [3.05, 3.63) is 36.8 Å². The SMILES string of the molecule is CC(N)C(C)C(=O)Nc1ccc(-n2cccn2)nc1. The maximum absolute atomic E-state index is 11.8. The van der Waals surface area contributed by atoms with E-state index in [1.54, 1.807) is 42.3 Å². The van der Waals surface area contributed by atoms with Gasteiger partial charge in [-0.15, -0.1) is 0 Å². The minimum atomic E-state index is -0.245. The lowest BCUT2D eigenvalue weighted by molar-refractivity contribution is -0.119. The number of hydrogen-bond donors (Lipinski definition) is 2. The Morgan fingerprint density at radius 2 is 2.21 bits per heavy atom. The lowest BCUT2D eigenvalue weighted by atomic mass is 10.0. The molecule has 2 aromatic rings. The van der Waals surface area contributed by atoms with Gasteiger partial charge in [0.2, 0.25) is 5.91 Å². The van der Waals surface area contributed by atoms with Crippen LogP contribution in [0, 0.1) is 5.92 Å².